The smallest absolute Gasteiger partial charge is 0.192 e. The topological polar surface area (TPSA) is 143 Å². The van der Waals surface area contributed by atoms with Crippen LogP contribution in [0.4, 0.5) is 26.3 Å². The average Bonchev–Trinajstić information content (AvgIpc) is 2.78. The second kappa shape index (κ2) is 9.05. The zero-order valence-electron chi connectivity index (χ0n) is 16.3. The van der Waals surface area contributed by atoms with Gasteiger partial charge in [0, 0.05) is 16.0 Å². The van der Waals surface area contributed by atoms with Crippen molar-refractivity contribution < 1.29 is 26.3 Å². The second-order valence-corrected chi connectivity index (χ2v) is 6.27. The standard InChI is InChI=1S/C22H4F6N6/c23-21(24,25)13-1-2-14(19(4-13)22(26,27)28)16(8-32)15-3-11(5-29)20(12(6-30)7-31)18(10-34)17(15)9-33/h1-4H/b16-15+. The molecule has 164 valence electrons. The zero-order chi connectivity index (χ0) is 25.8. The first-order valence-corrected chi connectivity index (χ1v) is 8.54. The predicted octanol–water partition coefficient (Wildman–Crippen LogP) is 3.26. The van der Waals surface area contributed by atoms with Gasteiger partial charge in [-0.25, -0.2) is 0 Å². The molecule has 0 amide bonds. The highest BCUT2D eigenvalue weighted by Crippen LogP contribution is 2.39. The van der Waals surface area contributed by atoms with E-state index in [0.29, 0.717) is 12.1 Å². The van der Waals surface area contributed by atoms with Crippen LogP contribution in [0.5, 0.6) is 0 Å². The third-order valence-electron chi connectivity index (χ3n) is 4.45. The van der Waals surface area contributed by atoms with Gasteiger partial charge in [0.05, 0.1) is 39.5 Å². The highest BCUT2D eigenvalue weighted by molar-refractivity contribution is 5.82. The lowest BCUT2D eigenvalue weighted by atomic mass is 9.90. The van der Waals surface area contributed by atoms with Crippen molar-refractivity contribution in [2.75, 3.05) is 0 Å². The van der Waals surface area contributed by atoms with Crippen LogP contribution in [-0.4, -0.2) is 0 Å². The van der Waals surface area contributed by atoms with Gasteiger partial charge in [0.1, 0.15) is 35.9 Å². The summed E-state index contributed by atoms with van der Waals surface area (Å²) in [5.41, 5.74) is -8.29. The first-order chi connectivity index (χ1) is 15.9. The molecule has 0 aliphatic carbocycles. The van der Waals surface area contributed by atoms with E-state index in [0.717, 1.165) is 6.07 Å². The van der Waals surface area contributed by atoms with Gasteiger partial charge in [-0.2, -0.15) is 57.9 Å². The number of halogens is 6. The first-order valence-electron chi connectivity index (χ1n) is 8.54. The fraction of sp³-hybridized carbons (Fsp3) is 0.0909. The molecule has 2 aromatic carbocycles. The minimum Gasteiger partial charge on any atom is -0.192 e. The molecule has 12 heteroatoms. The van der Waals surface area contributed by atoms with Crippen molar-refractivity contribution in [3.8, 4) is 36.4 Å². The van der Waals surface area contributed by atoms with E-state index in [9.17, 15) is 47.4 Å². The number of benzene rings is 2. The van der Waals surface area contributed by atoms with Crippen molar-refractivity contribution in [2.45, 2.75) is 12.4 Å². The quantitative estimate of drug-likeness (QED) is 0.591. The SMILES string of the molecule is N#CC(C#N)=c1c(C#N)c/c(=C(/C#N)c2ccc(C(F)(F)F)cc2C(F)(F)F)c(C#N)c1C#N. The summed E-state index contributed by atoms with van der Waals surface area (Å²) in [4.78, 5) is 0. The molecule has 2 aromatic rings. The molecule has 0 spiro atoms. The van der Waals surface area contributed by atoms with Crippen LogP contribution < -0.4 is 10.4 Å². The summed E-state index contributed by atoms with van der Waals surface area (Å²) < 4.78 is 79.8. The molecule has 0 fully saturated rings. The summed E-state index contributed by atoms with van der Waals surface area (Å²) >= 11 is 0. The molecular weight excluding hydrogens is 462 g/mol. The number of hydrogen-bond acceptors (Lipinski definition) is 6. The molecule has 0 atom stereocenters. The van der Waals surface area contributed by atoms with E-state index in [1.54, 1.807) is 0 Å². The summed E-state index contributed by atoms with van der Waals surface area (Å²) in [6, 6.07) is 9.97. The summed E-state index contributed by atoms with van der Waals surface area (Å²) in [5.74, 6) is 0. The fourth-order valence-electron chi connectivity index (χ4n) is 3.03. The maximum atomic E-state index is 13.6. The highest BCUT2D eigenvalue weighted by Gasteiger charge is 2.39. The van der Waals surface area contributed by atoms with E-state index in [4.69, 9.17) is 10.5 Å². The largest absolute Gasteiger partial charge is 0.417 e. The number of rotatable bonds is 1. The van der Waals surface area contributed by atoms with E-state index >= 15 is 0 Å². The summed E-state index contributed by atoms with van der Waals surface area (Å²) in [6.07, 6.45) is -10.5. The summed E-state index contributed by atoms with van der Waals surface area (Å²) in [5, 5.41) is 55.1. The Balaban J connectivity index is 3.31. The molecule has 0 aliphatic heterocycles. The third-order valence-corrected chi connectivity index (χ3v) is 4.45. The molecule has 0 N–H and O–H groups in total. The van der Waals surface area contributed by atoms with Crippen LogP contribution in [0.1, 0.15) is 33.4 Å². The van der Waals surface area contributed by atoms with Gasteiger partial charge >= 0.3 is 12.4 Å². The van der Waals surface area contributed by atoms with Crippen LogP contribution in [0.3, 0.4) is 0 Å². The van der Waals surface area contributed by atoms with Crippen molar-refractivity contribution in [3.05, 3.63) is 68.1 Å². The maximum absolute atomic E-state index is 13.6. The van der Waals surface area contributed by atoms with Gasteiger partial charge in [0.15, 0.2) is 0 Å². The molecule has 6 nitrogen and oxygen atoms in total. The Kier molecular flexibility index (Phi) is 6.65. The van der Waals surface area contributed by atoms with Gasteiger partial charge in [-0.05, 0) is 18.2 Å². The van der Waals surface area contributed by atoms with E-state index in [1.807, 2.05) is 0 Å². The molecule has 0 saturated heterocycles. The van der Waals surface area contributed by atoms with Gasteiger partial charge in [-0.15, -0.1) is 0 Å². The van der Waals surface area contributed by atoms with E-state index in [2.05, 4.69) is 0 Å². The molecule has 34 heavy (non-hydrogen) atoms. The Morgan fingerprint density at radius 3 is 1.68 bits per heavy atom. The fourth-order valence-corrected chi connectivity index (χ4v) is 3.03. The predicted molar refractivity (Wildman–Crippen MR) is 99.0 cm³/mol. The van der Waals surface area contributed by atoms with Crippen LogP contribution >= 0.6 is 0 Å². The summed E-state index contributed by atoms with van der Waals surface area (Å²) in [6.45, 7) is 0. The van der Waals surface area contributed by atoms with Crippen molar-refractivity contribution in [3.63, 3.8) is 0 Å². The molecule has 0 aliphatic rings. The Hall–Kier alpha value is -5.30. The maximum Gasteiger partial charge on any atom is 0.417 e. The van der Waals surface area contributed by atoms with Crippen molar-refractivity contribution >= 4 is 11.1 Å². The van der Waals surface area contributed by atoms with Crippen LogP contribution in [0.2, 0.25) is 0 Å². The van der Waals surface area contributed by atoms with Gasteiger partial charge < -0.3 is 0 Å². The minimum absolute atomic E-state index is 0.208. The van der Waals surface area contributed by atoms with Crippen molar-refractivity contribution in [2.24, 2.45) is 0 Å². The van der Waals surface area contributed by atoms with Crippen LogP contribution in [0, 0.1) is 68.0 Å². The number of nitrogens with zero attached hydrogens (tertiary/aromatic N) is 6. The van der Waals surface area contributed by atoms with Gasteiger partial charge in [0.25, 0.3) is 0 Å². The van der Waals surface area contributed by atoms with Gasteiger partial charge in [0.2, 0.25) is 0 Å². The second-order valence-electron chi connectivity index (χ2n) is 6.27. The van der Waals surface area contributed by atoms with Crippen molar-refractivity contribution in [1.29, 1.82) is 31.6 Å². The van der Waals surface area contributed by atoms with Crippen LogP contribution in [-0.2, 0) is 12.4 Å². The Bertz CT molecular complexity index is 1570. The first kappa shape index (κ1) is 25.0. The number of nitriles is 6. The average molecular weight is 466 g/mol. The van der Waals surface area contributed by atoms with E-state index in [1.165, 1.54) is 36.4 Å². The van der Waals surface area contributed by atoms with Gasteiger partial charge in [-0.3, -0.25) is 0 Å². The minimum atomic E-state index is -5.36. The lowest BCUT2D eigenvalue weighted by molar-refractivity contribution is -0.143. The number of hydrogen-bond donors (Lipinski definition) is 0. The molecule has 0 saturated carbocycles. The Labute approximate surface area is 186 Å². The van der Waals surface area contributed by atoms with Crippen LogP contribution in [0.25, 0.3) is 11.1 Å². The number of alkyl halides is 6. The monoisotopic (exact) mass is 466 g/mol. The lowest BCUT2D eigenvalue weighted by Crippen LogP contribution is -2.26. The summed E-state index contributed by atoms with van der Waals surface area (Å²) in [7, 11) is 0. The molecule has 0 bridgehead atoms. The van der Waals surface area contributed by atoms with E-state index < -0.39 is 67.3 Å². The Morgan fingerprint density at radius 2 is 1.26 bits per heavy atom. The van der Waals surface area contributed by atoms with Gasteiger partial charge in [-0.1, -0.05) is 6.07 Å². The van der Waals surface area contributed by atoms with Crippen molar-refractivity contribution in [1.82, 2.24) is 0 Å². The molecule has 0 heterocycles. The molecule has 0 radical (unpaired) electrons. The molecule has 0 unspecified atom stereocenters. The lowest BCUT2D eigenvalue weighted by Gasteiger charge is -2.16. The molecule has 2 rings (SSSR count). The zero-order valence-corrected chi connectivity index (χ0v) is 16.3. The highest BCUT2D eigenvalue weighted by atomic mass is 19.4. The van der Waals surface area contributed by atoms with Crippen LogP contribution in [0.15, 0.2) is 24.3 Å². The normalized spacial score (nSPS) is 11.5. The molecular formula is C22H4F6N6. The third kappa shape index (κ3) is 4.35. The van der Waals surface area contributed by atoms with E-state index in [-0.39, 0.29) is 6.07 Å². The Morgan fingerprint density at radius 1 is 0.676 bits per heavy atom. The molecule has 0 aromatic heterocycles.